The molecule has 0 amide bonds. The van der Waals surface area contributed by atoms with Gasteiger partial charge in [0.15, 0.2) is 0 Å². The van der Waals surface area contributed by atoms with E-state index in [1.807, 2.05) is 13.8 Å². The van der Waals surface area contributed by atoms with E-state index in [4.69, 9.17) is 0 Å². The van der Waals surface area contributed by atoms with E-state index in [0.29, 0.717) is 0 Å². The molecular weight excluding hydrogens is 234 g/mol. The van der Waals surface area contributed by atoms with Gasteiger partial charge in [0.05, 0.1) is 0 Å². The van der Waals surface area contributed by atoms with Gasteiger partial charge in [0.1, 0.15) is 0 Å². The molecule has 3 nitrogen and oxygen atoms in total. The summed E-state index contributed by atoms with van der Waals surface area (Å²) in [7, 11) is 2.21. The van der Waals surface area contributed by atoms with E-state index in [2.05, 4.69) is 40.4 Å². The summed E-state index contributed by atoms with van der Waals surface area (Å²) in [6.07, 6.45) is 0. The summed E-state index contributed by atoms with van der Waals surface area (Å²) in [5.41, 5.74) is 4.57. The van der Waals surface area contributed by atoms with Crippen LogP contribution in [0.2, 0.25) is 0 Å². The van der Waals surface area contributed by atoms with Gasteiger partial charge in [0.25, 0.3) is 0 Å². The second-order valence-electron chi connectivity index (χ2n) is 5.24. The van der Waals surface area contributed by atoms with Crippen molar-refractivity contribution in [3.8, 4) is 0 Å². The molecule has 1 fully saturated rings. The van der Waals surface area contributed by atoms with Crippen molar-refractivity contribution in [3.05, 3.63) is 34.9 Å². The van der Waals surface area contributed by atoms with Crippen molar-refractivity contribution >= 4 is 0 Å². The lowest BCUT2D eigenvalue weighted by atomic mass is 10.0. The Bertz CT molecular complexity index is 395. The Labute approximate surface area is 117 Å². The number of piperazine rings is 1. The predicted octanol–water partition coefficient (Wildman–Crippen LogP) is 2.06. The van der Waals surface area contributed by atoms with E-state index in [1.54, 1.807) is 5.56 Å². The maximum atomic E-state index is 3.45. The molecule has 3 rings (SSSR count). The Morgan fingerprint density at radius 1 is 1.05 bits per heavy atom. The molecule has 106 valence electrons. The molecule has 1 aromatic carbocycles. The minimum Gasteiger partial charge on any atom is -0.309 e. The van der Waals surface area contributed by atoms with Crippen LogP contribution in [0.25, 0.3) is 0 Å². The first-order chi connectivity index (χ1) is 9.33. The lowest BCUT2D eigenvalue weighted by molar-refractivity contribution is 0.148. The lowest BCUT2D eigenvalue weighted by Gasteiger charge is -2.32. The summed E-state index contributed by atoms with van der Waals surface area (Å²) in [5, 5.41) is 3.45. The first kappa shape index (κ1) is 14.5. The van der Waals surface area contributed by atoms with Gasteiger partial charge >= 0.3 is 0 Å². The van der Waals surface area contributed by atoms with Crippen LogP contribution in [0.15, 0.2) is 18.2 Å². The summed E-state index contributed by atoms with van der Waals surface area (Å²) < 4.78 is 0. The molecule has 1 N–H and O–H groups in total. The molecule has 19 heavy (non-hydrogen) atoms. The average Bonchev–Trinajstić information content (AvgIpc) is 2.93. The van der Waals surface area contributed by atoms with Crippen molar-refractivity contribution in [2.24, 2.45) is 0 Å². The smallest absolute Gasteiger partial charge is 0.0238 e. The number of hydrogen-bond donors (Lipinski definition) is 1. The summed E-state index contributed by atoms with van der Waals surface area (Å²) in [4.78, 5) is 4.99. The van der Waals surface area contributed by atoms with Crippen LogP contribution in [0.1, 0.15) is 30.5 Å². The van der Waals surface area contributed by atoms with Crippen LogP contribution in [0.4, 0.5) is 0 Å². The molecule has 0 saturated carbocycles. The summed E-state index contributed by atoms with van der Waals surface area (Å²) in [5.74, 6) is 0. The summed E-state index contributed by atoms with van der Waals surface area (Å²) >= 11 is 0. The third-order valence-corrected chi connectivity index (χ3v) is 3.98. The molecule has 2 aliphatic heterocycles. The van der Waals surface area contributed by atoms with Gasteiger partial charge in [-0.3, -0.25) is 4.90 Å². The van der Waals surface area contributed by atoms with Gasteiger partial charge in [-0.05, 0) is 23.7 Å². The zero-order chi connectivity index (χ0) is 13.7. The maximum absolute atomic E-state index is 3.45. The van der Waals surface area contributed by atoms with E-state index in [-0.39, 0.29) is 0 Å². The van der Waals surface area contributed by atoms with Gasteiger partial charge in [-0.2, -0.15) is 0 Å². The fraction of sp³-hybridized carbons (Fsp3) is 0.625. The van der Waals surface area contributed by atoms with Crippen LogP contribution < -0.4 is 5.32 Å². The number of hydrogen-bond acceptors (Lipinski definition) is 3. The van der Waals surface area contributed by atoms with E-state index in [9.17, 15) is 0 Å². The van der Waals surface area contributed by atoms with Crippen molar-refractivity contribution in [3.63, 3.8) is 0 Å². The zero-order valence-corrected chi connectivity index (χ0v) is 12.6. The highest BCUT2D eigenvalue weighted by molar-refractivity contribution is 5.37. The molecule has 0 spiro atoms. The fourth-order valence-corrected chi connectivity index (χ4v) is 2.80. The van der Waals surface area contributed by atoms with Gasteiger partial charge in [-0.1, -0.05) is 32.0 Å². The maximum Gasteiger partial charge on any atom is 0.0238 e. The molecule has 0 unspecified atom stereocenters. The second-order valence-corrected chi connectivity index (χ2v) is 5.24. The van der Waals surface area contributed by atoms with Crippen LogP contribution in [0, 0.1) is 0 Å². The van der Waals surface area contributed by atoms with Crippen molar-refractivity contribution < 1.29 is 0 Å². The number of benzene rings is 1. The van der Waals surface area contributed by atoms with Crippen molar-refractivity contribution in [2.45, 2.75) is 33.5 Å². The number of rotatable bonds is 2. The minimum absolute atomic E-state index is 1.05. The Morgan fingerprint density at radius 3 is 2.53 bits per heavy atom. The first-order valence-electron chi connectivity index (χ1n) is 7.54. The monoisotopic (exact) mass is 261 g/mol. The summed E-state index contributed by atoms with van der Waals surface area (Å²) in [6, 6.07) is 6.75. The molecular formula is C16H27N3. The van der Waals surface area contributed by atoms with Crippen molar-refractivity contribution in [2.75, 3.05) is 33.2 Å². The van der Waals surface area contributed by atoms with Crippen LogP contribution in [0.5, 0.6) is 0 Å². The number of likely N-dealkylation sites (N-methyl/N-ethyl adjacent to an activating group) is 1. The van der Waals surface area contributed by atoms with Crippen molar-refractivity contribution in [1.29, 1.82) is 0 Å². The molecule has 0 radical (unpaired) electrons. The van der Waals surface area contributed by atoms with Crippen LogP contribution in [0.3, 0.4) is 0 Å². The standard InChI is InChI=1S/C14H21N3.C2H6/c1-16-5-7-17(8-6-16)11-13-4-2-3-12-9-15-10-14(12)13;1-2/h2-4,15H,5-11H2,1H3;1-2H3. The minimum atomic E-state index is 1.05. The molecule has 2 heterocycles. The fourth-order valence-electron chi connectivity index (χ4n) is 2.80. The molecule has 0 aliphatic carbocycles. The van der Waals surface area contributed by atoms with Crippen molar-refractivity contribution in [1.82, 2.24) is 15.1 Å². The molecule has 0 aromatic heterocycles. The van der Waals surface area contributed by atoms with E-state index in [1.165, 1.54) is 37.3 Å². The largest absolute Gasteiger partial charge is 0.309 e. The SMILES string of the molecule is CC.CN1CCN(Cc2cccc3c2CNC3)CC1. The van der Waals surface area contributed by atoms with Crippen LogP contribution >= 0.6 is 0 Å². The molecule has 3 heteroatoms. The topological polar surface area (TPSA) is 18.5 Å². The van der Waals surface area contributed by atoms with Gasteiger partial charge < -0.3 is 10.2 Å². The molecule has 0 bridgehead atoms. The van der Waals surface area contributed by atoms with Gasteiger partial charge in [0.2, 0.25) is 0 Å². The second kappa shape index (κ2) is 7.04. The Hall–Kier alpha value is -0.900. The third kappa shape index (κ3) is 3.56. The first-order valence-corrected chi connectivity index (χ1v) is 7.54. The van der Waals surface area contributed by atoms with Gasteiger partial charge in [0, 0.05) is 45.8 Å². The molecule has 1 saturated heterocycles. The summed E-state index contributed by atoms with van der Waals surface area (Å²) in [6.45, 7) is 12.0. The Kier molecular flexibility index (Phi) is 5.37. The average molecular weight is 261 g/mol. The molecule has 2 aliphatic rings. The van der Waals surface area contributed by atoms with E-state index in [0.717, 1.165) is 19.6 Å². The number of nitrogens with one attached hydrogen (secondary N) is 1. The van der Waals surface area contributed by atoms with Crippen LogP contribution in [-0.4, -0.2) is 43.0 Å². The highest BCUT2D eigenvalue weighted by Crippen LogP contribution is 2.21. The van der Waals surface area contributed by atoms with E-state index < -0.39 is 0 Å². The Balaban J connectivity index is 0.000000637. The highest BCUT2D eigenvalue weighted by atomic mass is 15.2. The quantitative estimate of drug-likeness (QED) is 0.879. The van der Waals surface area contributed by atoms with Crippen LogP contribution in [-0.2, 0) is 19.6 Å². The Morgan fingerprint density at radius 2 is 1.79 bits per heavy atom. The third-order valence-electron chi connectivity index (χ3n) is 3.98. The van der Waals surface area contributed by atoms with Gasteiger partial charge in [-0.15, -0.1) is 0 Å². The van der Waals surface area contributed by atoms with Gasteiger partial charge in [-0.25, -0.2) is 0 Å². The lowest BCUT2D eigenvalue weighted by Crippen LogP contribution is -2.44. The molecule has 1 aromatic rings. The number of fused-ring (bicyclic) bond motifs is 1. The zero-order valence-electron chi connectivity index (χ0n) is 12.6. The van der Waals surface area contributed by atoms with E-state index >= 15 is 0 Å². The highest BCUT2D eigenvalue weighted by Gasteiger charge is 2.18. The normalized spacial score (nSPS) is 19.7. The molecule has 0 atom stereocenters. The number of nitrogens with zero attached hydrogens (tertiary/aromatic N) is 2. The predicted molar refractivity (Wildman–Crippen MR) is 81.1 cm³/mol.